The van der Waals surface area contributed by atoms with E-state index in [0.717, 1.165) is 0 Å². The SMILES string of the molecule is CC(=O)c1cccc(NC(=O)N(C)CCCl)c1. The van der Waals surface area contributed by atoms with Gasteiger partial charge in [-0.25, -0.2) is 4.79 Å². The van der Waals surface area contributed by atoms with E-state index in [1.807, 2.05) is 0 Å². The molecule has 0 aliphatic heterocycles. The van der Waals surface area contributed by atoms with Gasteiger partial charge in [0.2, 0.25) is 0 Å². The third-order valence-electron chi connectivity index (χ3n) is 2.29. The molecule has 0 aliphatic rings. The Kier molecular flexibility index (Phi) is 4.97. The van der Waals surface area contributed by atoms with Crippen LogP contribution in [0.25, 0.3) is 0 Å². The first-order valence-electron chi connectivity index (χ1n) is 5.23. The Labute approximate surface area is 106 Å². The molecule has 1 aromatic carbocycles. The molecule has 0 atom stereocenters. The number of urea groups is 1. The minimum absolute atomic E-state index is 0.0322. The lowest BCUT2D eigenvalue weighted by atomic mass is 10.1. The Morgan fingerprint density at radius 2 is 2.12 bits per heavy atom. The van der Waals surface area contributed by atoms with Crippen LogP contribution in [0.4, 0.5) is 10.5 Å². The summed E-state index contributed by atoms with van der Waals surface area (Å²) in [6.45, 7) is 1.96. The number of carbonyl (C=O) groups excluding carboxylic acids is 2. The minimum Gasteiger partial charge on any atom is -0.326 e. The summed E-state index contributed by atoms with van der Waals surface area (Å²) in [4.78, 5) is 24.3. The third-order valence-corrected chi connectivity index (χ3v) is 2.46. The second-order valence-electron chi connectivity index (χ2n) is 3.68. The number of Topliss-reactive ketones (excluding diaryl/α,β-unsaturated/α-hetero) is 1. The first-order valence-corrected chi connectivity index (χ1v) is 5.77. The third kappa shape index (κ3) is 4.07. The first kappa shape index (κ1) is 13.5. The molecule has 0 saturated carbocycles. The number of amides is 2. The van der Waals surface area contributed by atoms with Gasteiger partial charge in [-0.15, -0.1) is 11.6 Å². The van der Waals surface area contributed by atoms with Gasteiger partial charge in [0.15, 0.2) is 5.78 Å². The summed E-state index contributed by atoms with van der Waals surface area (Å²) in [5.41, 5.74) is 1.17. The molecule has 0 radical (unpaired) electrons. The highest BCUT2D eigenvalue weighted by Gasteiger charge is 2.08. The molecular weight excluding hydrogens is 240 g/mol. The fourth-order valence-corrected chi connectivity index (χ4v) is 1.52. The van der Waals surface area contributed by atoms with E-state index in [2.05, 4.69) is 5.32 Å². The Balaban J connectivity index is 2.71. The van der Waals surface area contributed by atoms with Crippen molar-refractivity contribution < 1.29 is 9.59 Å². The number of hydrogen-bond donors (Lipinski definition) is 1. The number of nitrogens with one attached hydrogen (secondary N) is 1. The van der Waals surface area contributed by atoms with Gasteiger partial charge in [-0.2, -0.15) is 0 Å². The number of nitrogens with zero attached hydrogens (tertiary/aromatic N) is 1. The Hall–Kier alpha value is -1.55. The summed E-state index contributed by atoms with van der Waals surface area (Å²) in [7, 11) is 1.66. The second-order valence-corrected chi connectivity index (χ2v) is 4.06. The number of anilines is 1. The maximum Gasteiger partial charge on any atom is 0.321 e. The molecule has 0 bridgehead atoms. The van der Waals surface area contributed by atoms with Crippen molar-refractivity contribution in [2.45, 2.75) is 6.92 Å². The lowest BCUT2D eigenvalue weighted by Crippen LogP contribution is -2.32. The summed E-state index contributed by atoms with van der Waals surface area (Å²) in [5, 5.41) is 2.70. The van der Waals surface area contributed by atoms with Crippen LogP contribution in [-0.4, -0.2) is 36.2 Å². The molecule has 92 valence electrons. The predicted octanol–water partition coefficient (Wildman–Crippen LogP) is 2.59. The van der Waals surface area contributed by atoms with Crippen molar-refractivity contribution in [3.05, 3.63) is 29.8 Å². The smallest absolute Gasteiger partial charge is 0.321 e. The maximum atomic E-state index is 11.7. The average molecular weight is 255 g/mol. The van der Waals surface area contributed by atoms with E-state index < -0.39 is 0 Å². The lowest BCUT2D eigenvalue weighted by Gasteiger charge is -2.16. The quantitative estimate of drug-likeness (QED) is 0.663. The van der Waals surface area contributed by atoms with Gasteiger partial charge in [-0.05, 0) is 19.1 Å². The van der Waals surface area contributed by atoms with Gasteiger partial charge in [0, 0.05) is 30.7 Å². The van der Waals surface area contributed by atoms with Crippen LogP contribution in [0.2, 0.25) is 0 Å². The van der Waals surface area contributed by atoms with Crippen molar-refractivity contribution in [3.8, 4) is 0 Å². The Bertz CT molecular complexity index is 421. The van der Waals surface area contributed by atoms with Gasteiger partial charge in [-0.3, -0.25) is 4.79 Å². The normalized spacial score (nSPS) is 9.82. The summed E-state index contributed by atoms with van der Waals surface area (Å²) >= 11 is 5.54. The minimum atomic E-state index is -0.244. The number of ketones is 1. The number of rotatable bonds is 4. The van der Waals surface area contributed by atoms with Gasteiger partial charge in [-0.1, -0.05) is 12.1 Å². The molecule has 1 rings (SSSR count). The van der Waals surface area contributed by atoms with E-state index in [1.165, 1.54) is 11.8 Å². The Morgan fingerprint density at radius 1 is 1.41 bits per heavy atom. The summed E-state index contributed by atoms with van der Waals surface area (Å²) in [6.07, 6.45) is 0. The Morgan fingerprint density at radius 3 is 2.71 bits per heavy atom. The van der Waals surface area contributed by atoms with Crippen LogP contribution in [-0.2, 0) is 0 Å². The molecule has 0 unspecified atom stereocenters. The molecule has 0 heterocycles. The average Bonchev–Trinajstić information content (AvgIpc) is 2.29. The standard InChI is InChI=1S/C12H15ClN2O2/c1-9(16)10-4-3-5-11(8-10)14-12(17)15(2)7-6-13/h3-5,8H,6-7H2,1-2H3,(H,14,17). The van der Waals surface area contributed by atoms with E-state index in [1.54, 1.807) is 31.3 Å². The molecule has 0 saturated heterocycles. The monoisotopic (exact) mass is 254 g/mol. The van der Waals surface area contributed by atoms with Gasteiger partial charge < -0.3 is 10.2 Å². The molecule has 4 nitrogen and oxygen atoms in total. The van der Waals surface area contributed by atoms with E-state index in [0.29, 0.717) is 23.7 Å². The zero-order valence-electron chi connectivity index (χ0n) is 9.87. The molecule has 0 aliphatic carbocycles. The lowest BCUT2D eigenvalue weighted by molar-refractivity contribution is 0.101. The van der Waals surface area contributed by atoms with Crippen LogP contribution in [0, 0.1) is 0 Å². The molecule has 1 aromatic rings. The zero-order valence-corrected chi connectivity index (χ0v) is 10.6. The van der Waals surface area contributed by atoms with Crippen molar-refractivity contribution >= 4 is 29.1 Å². The number of hydrogen-bond acceptors (Lipinski definition) is 2. The van der Waals surface area contributed by atoms with Crippen LogP contribution in [0.1, 0.15) is 17.3 Å². The fourth-order valence-electron chi connectivity index (χ4n) is 1.26. The molecule has 0 fully saturated rings. The predicted molar refractivity (Wildman–Crippen MR) is 68.8 cm³/mol. The summed E-state index contributed by atoms with van der Waals surface area (Å²) in [6, 6.07) is 6.58. The fraction of sp³-hybridized carbons (Fsp3) is 0.333. The highest BCUT2D eigenvalue weighted by Crippen LogP contribution is 2.11. The highest BCUT2D eigenvalue weighted by molar-refractivity contribution is 6.18. The first-order chi connectivity index (χ1) is 8.04. The topological polar surface area (TPSA) is 49.4 Å². The van der Waals surface area contributed by atoms with Crippen LogP contribution in [0.15, 0.2) is 24.3 Å². The maximum absolute atomic E-state index is 11.7. The van der Waals surface area contributed by atoms with E-state index in [-0.39, 0.29) is 11.8 Å². The van der Waals surface area contributed by atoms with E-state index in [9.17, 15) is 9.59 Å². The van der Waals surface area contributed by atoms with Crippen LogP contribution >= 0.6 is 11.6 Å². The number of benzene rings is 1. The van der Waals surface area contributed by atoms with E-state index in [4.69, 9.17) is 11.6 Å². The molecular formula is C12H15ClN2O2. The van der Waals surface area contributed by atoms with Gasteiger partial charge in [0.1, 0.15) is 0 Å². The molecule has 2 amide bonds. The summed E-state index contributed by atoms with van der Waals surface area (Å²) < 4.78 is 0. The van der Waals surface area contributed by atoms with Crippen molar-refractivity contribution in [2.24, 2.45) is 0 Å². The molecule has 0 spiro atoms. The second kappa shape index (κ2) is 6.25. The van der Waals surface area contributed by atoms with Crippen molar-refractivity contribution in [2.75, 3.05) is 24.8 Å². The number of alkyl halides is 1. The largest absolute Gasteiger partial charge is 0.326 e. The van der Waals surface area contributed by atoms with Crippen LogP contribution < -0.4 is 5.32 Å². The van der Waals surface area contributed by atoms with Crippen LogP contribution in [0.5, 0.6) is 0 Å². The van der Waals surface area contributed by atoms with Gasteiger partial charge in [0.25, 0.3) is 0 Å². The number of carbonyl (C=O) groups is 2. The highest BCUT2D eigenvalue weighted by atomic mass is 35.5. The molecule has 17 heavy (non-hydrogen) atoms. The van der Waals surface area contributed by atoms with Crippen molar-refractivity contribution in [1.82, 2.24) is 4.90 Å². The number of halogens is 1. The van der Waals surface area contributed by atoms with Crippen molar-refractivity contribution in [1.29, 1.82) is 0 Å². The van der Waals surface area contributed by atoms with Gasteiger partial charge in [0.05, 0.1) is 0 Å². The van der Waals surface area contributed by atoms with Gasteiger partial charge >= 0.3 is 6.03 Å². The molecule has 5 heteroatoms. The van der Waals surface area contributed by atoms with Crippen molar-refractivity contribution in [3.63, 3.8) is 0 Å². The molecule has 1 N–H and O–H groups in total. The summed E-state index contributed by atoms with van der Waals surface area (Å²) in [5.74, 6) is 0.354. The zero-order chi connectivity index (χ0) is 12.8. The van der Waals surface area contributed by atoms with E-state index >= 15 is 0 Å². The van der Waals surface area contributed by atoms with Crippen LogP contribution in [0.3, 0.4) is 0 Å². The molecule has 0 aromatic heterocycles.